The predicted molar refractivity (Wildman–Crippen MR) is 90.9 cm³/mol. The second-order valence-corrected chi connectivity index (χ2v) is 5.98. The second-order valence-electron chi connectivity index (χ2n) is 5.13. The van der Waals surface area contributed by atoms with Gasteiger partial charge in [-0.3, -0.25) is 9.69 Å². The van der Waals surface area contributed by atoms with Crippen molar-refractivity contribution in [2.45, 2.75) is 19.9 Å². The molecule has 1 aromatic heterocycles. The molecule has 6 heteroatoms. The summed E-state index contributed by atoms with van der Waals surface area (Å²) < 4.78 is 0. The standard InChI is InChI=1S/C16H22N4OS/c1-13(21)18-16-19-15(12-22-16)11-20(10-8-17)9-7-14-5-3-2-4-6-14/h2-6,12H,7-11,17H2,1H3,(H,18,19,21). The van der Waals surface area contributed by atoms with Crippen molar-refractivity contribution in [1.82, 2.24) is 9.88 Å². The summed E-state index contributed by atoms with van der Waals surface area (Å²) in [4.78, 5) is 17.8. The van der Waals surface area contributed by atoms with E-state index in [2.05, 4.69) is 39.5 Å². The van der Waals surface area contributed by atoms with Crippen molar-refractivity contribution in [3.63, 3.8) is 0 Å². The zero-order valence-corrected chi connectivity index (χ0v) is 13.6. The minimum absolute atomic E-state index is 0.0937. The molecule has 2 aromatic rings. The number of nitrogens with one attached hydrogen (secondary N) is 1. The van der Waals surface area contributed by atoms with Crippen molar-refractivity contribution in [3.8, 4) is 0 Å². The summed E-state index contributed by atoms with van der Waals surface area (Å²) in [5.74, 6) is -0.0937. The third kappa shape index (κ3) is 5.55. The first-order chi connectivity index (χ1) is 10.7. The number of hydrogen-bond acceptors (Lipinski definition) is 5. The van der Waals surface area contributed by atoms with Gasteiger partial charge in [0, 0.05) is 38.5 Å². The van der Waals surface area contributed by atoms with E-state index in [0.717, 1.165) is 31.7 Å². The van der Waals surface area contributed by atoms with Gasteiger partial charge in [-0.2, -0.15) is 0 Å². The van der Waals surface area contributed by atoms with Crippen LogP contribution in [-0.4, -0.2) is 35.4 Å². The molecule has 0 aliphatic heterocycles. The van der Waals surface area contributed by atoms with Crippen LogP contribution in [0.2, 0.25) is 0 Å². The first-order valence-electron chi connectivity index (χ1n) is 7.35. The minimum atomic E-state index is -0.0937. The van der Waals surface area contributed by atoms with E-state index in [-0.39, 0.29) is 5.91 Å². The number of amides is 1. The number of carbonyl (C=O) groups excluding carboxylic acids is 1. The van der Waals surface area contributed by atoms with Crippen LogP contribution in [0.4, 0.5) is 5.13 Å². The van der Waals surface area contributed by atoms with Gasteiger partial charge in [0.15, 0.2) is 5.13 Å². The van der Waals surface area contributed by atoms with Crippen LogP contribution in [0, 0.1) is 0 Å². The molecule has 3 N–H and O–H groups in total. The number of benzene rings is 1. The molecule has 0 bridgehead atoms. The van der Waals surface area contributed by atoms with E-state index in [1.54, 1.807) is 0 Å². The molecule has 0 aliphatic carbocycles. The Labute approximate surface area is 135 Å². The SMILES string of the molecule is CC(=O)Nc1nc(CN(CCN)CCc2ccccc2)cs1. The Kier molecular flexibility index (Phi) is 6.51. The zero-order valence-electron chi connectivity index (χ0n) is 12.8. The van der Waals surface area contributed by atoms with E-state index >= 15 is 0 Å². The van der Waals surface area contributed by atoms with Gasteiger partial charge < -0.3 is 11.1 Å². The van der Waals surface area contributed by atoms with E-state index < -0.39 is 0 Å². The fraction of sp³-hybridized carbons (Fsp3) is 0.375. The summed E-state index contributed by atoms with van der Waals surface area (Å²) >= 11 is 1.45. The van der Waals surface area contributed by atoms with Gasteiger partial charge in [0.2, 0.25) is 5.91 Å². The molecule has 0 fully saturated rings. The van der Waals surface area contributed by atoms with Crippen LogP contribution in [0.3, 0.4) is 0 Å². The van der Waals surface area contributed by atoms with Crippen molar-refractivity contribution in [3.05, 3.63) is 47.0 Å². The topological polar surface area (TPSA) is 71.2 Å². The number of aromatic nitrogens is 1. The molecule has 5 nitrogen and oxygen atoms in total. The maximum absolute atomic E-state index is 11.0. The average Bonchev–Trinajstić information content (AvgIpc) is 2.92. The molecule has 0 saturated carbocycles. The summed E-state index contributed by atoms with van der Waals surface area (Å²) in [5.41, 5.74) is 8.00. The summed E-state index contributed by atoms with van der Waals surface area (Å²) in [6.07, 6.45) is 0.990. The number of hydrogen-bond donors (Lipinski definition) is 2. The van der Waals surface area contributed by atoms with Crippen LogP contribution >= 0.6 is 11.3 Å². The van der Waals surface area contributed by atoms with Gasteiger partial charge in [-0.1, -0.05) is 30.3 Å². The highest BCUT2D eigenvalue weighted by Crippen LogP contribution is 2.16. The lowest BCUT2D eigenvalue weighted by atomic mass is 10.1. The smallest absolute Gasteiger partial charge is 0.223 e. The first kappa shape index (κ1) is 16.6. The second kappa shape index (κ2) is 8.63. The van der Waals surface area contributed by atoms with Crippen molar-refractivity contribution >= 4 is 22.4 Å². The van der Waals surface area contributed by atoms with Gasteiger partial charge in [-0.15, -0.1) is 11.3 Å². The lowest BCUT2D eigenvalue weighted by molar-refractivity contribution is -0.114. The zero-order chi connectivity index (χ0) is 15.8. The van der Waals surface area contributed by atoms with Gasteiger partial charge in [-0.05, 0) is 12.0 Å². The number of nitrogens with zero attached hydrogens (tertiary/aromatic N) is 2. The Morgan fingerprint density at radius 1 is 1.32 bits per heavy atom. The monoisotopic (exact) mass is 318 g/mol. The third-order valence-corrected chi connectivity index (χ3v) is 4.03. The summed E-state index contributed by atoms with van der Waals surface area (Å²) in [6.45, 7) is 4.63. The maximum Gasteiger partial charge on any atom is 0.223 e. The molecule has 0 spiro atoms. The van der Waals surface area contributed by atoms with Crippen LogP contribution in [0.1, 0.15) is 18.2 Å². The molecule has 0 saturated heterocycles. The van der Waals surface area contributed by atoms with Crippen LogP contribution in [0.15, 0.2) is 35.7 Å². The minimum Gasteiger partial charge on any atom is -0.329 e. The quantitative estimate of drug-likeness (QED) is 0.782. The fourth-order valence-corrected chi connectivity index (χ4v) is 2.95. The van der Waals surface area contributed by atoms with Gasteiger partial charge in [-0.25, -0.2) is 4.98 Å². The van der Waals surface area contributed by atoms with Crippen LogP contribution in [0.5, 0.6) is 0 Å². The lowest BCUT2D eigenvalue weighted by Crippen LogP contribution is -2.31. The van der Waals surface area contributed by atoms with Crippen LogP contribution in [0.25, 0.3) is 0 Å². The molecule has 0 unspecified atom stereocenters. The molecule has 1 aromatic carbocycles. The number of carbonyl (C=O) groups is 1. The molecular formula is C16H22N4OS. The van der Waals surface area contributed by atoms with E-state index in [1.165, 1.54) is 23.8 Å². The molecule has 1 heterocycles. The van der Waals surface area contributed by atoms with E-state index in [0.29, 0.717) is 11.7 Å². The molecule has 0 aliphatic rings. The Hall–Kier alpha value is -1.76. The summed E-state index contributed by atoms with van der Waals surface area (Å²) in [7, 11) is 0. The van der Waals surface area contributed by atoms with Gasteiger partial charge in [0.25, 0.3) is 0 Å². The van der Waals surface area contributed by atoms with Gasteiger partial charge in [0.1, 0.15) is 0 Å². The molecule has 2 rings (SSSR count). The van der Waals surface area contributed by atoms with E-state index in [9.17, 15) is 4.79 Å². The number of anilines is 1. The Bertz CT molecular complexity index is 585. The van der Waals surface area contributed by atoms with E-state index in [4.69, 9.17) is 5.73 Å². The molecule has 0 atom stereocenters. The third-order valence-electron chi connectivity index (χ3n) is 3.23. The van der Waals surface area contributed by atoms with E-state index in [1.807, 2.05) is 11.4 Å². The van der Waals surface area contributed by atoms with Gasteiger partial charge in [0.05, 0.1) is 5.69 Å². The number of nitrogens with two attached hydrogens (primary N) is 1. The number of thiazole rings is 1. The van der Waals surface area contributed by atoms with Crippen LogP contribution in [-0.2, 0) is 17.8 Å². The van der Waals surface area contributed by atoms with Crippen molar-refractivity contribution < 1.29 is 4.79 Å². The molecule has 22 heavy (non-hydrogen) atoms. The Morgan fingerprint density at radius 3 is 2.77 bits per heavy atom. The van der Waals surface area contributed by atoms with Crippen molar-refractivity contribution in [2.75, 3.05) is 25.0 Å². The van der Waals surface area contributed by atoms with Crippen molar-refractivity contribution in [1.29, 1.82) is 0 Å². The molecular weight excluding hydrogens is 296 g/mol. The first-order valence-corrected chi connectivity index (χ1v) is 8.23. The molecule has 0 radical (unpaired) electrons. The van der Waals surface area contributed by atoms with Crippen LogP contribution < -0.4 is 11.1 Å². The largest absolute Gasteiger partial charge is 0.329 e. The highest BCUT2D eigenvalue weighted by atomic mass is 32.1. The maximum atomic E-state index is 11.0. The highest BCUT2D eigenvalue weighted by Gasteiger charge is 2.09. The summed E-state index contributed by atoms with van der Waals surface area (Å²) in [5, 5.41) is 5.35. The molecule has 118 valence electrons. The van der Waals surface area contributed by atoms with Gasteiger partial charge >= 0.3 is 0 Å². The highest BCUT2D eigenvalue weighted by molar-refractivity contribution is 7.13. The predicted octanol–water partition coefficient (Wildman–Crippen LogP) is 2.10. The summed E-state index contributed by atoms with van der Waals surface area (Å²) in [6, 6.07) is 10.4. The normalized spacial score (nSPS) is 10.9. The molecule has 1 amide bonds. The Morgan fingerprint density at radius 2 is 2.09 bits per heavy atom. The Balaban J connectivity index is 1.90. The number of rotatable bonds is 8. The van der Waals surface area contributed by atoms with Crippen molar-refractivity contribution in [2.24, 2.45) is 5.73 Å². The lowest BCUT2D eigenvalue weighted by Gasteiger charge is -2.20. The average molecular weight is 318 g/mol. The fourth-order valence-electron chi connectivity index (χ4n) is 2.20.